The Morgan fingerprint density at radius 2 is 2.50 bits per heavy atom. The Kier molecular flexibility index (Phi) is 1.80. The van der Waals surface area contributed by atoms with Crippen molar-refractivity contribution in [2.75, 3.05) is 13.2 Å². The molecule has 1 saturated heterocycles. The summed E-state index contributed by atoms with van der Waals surface area (Å²) in [6.45, 7) is 3.54. The molecule has 8 heavy (non-hydrogen) atoms. The molecule has 1 rings (SSSR count). The van der Waals surface area contributed by atoms with Gasteiger partial charge in [0, 0.05) is 6.42 Å². The quantitative estimate of drug-likeness (QED) is 0.380. The first-order chi connectivity index (χ1) is 3.71. The zero-order valence-electron chi connectivity index (χ0n) is 4.92. The van der Waals surface area contributed by atoms with Crippen molar-refractivity contribution in [3.63, 3.8) is 0 Å². The van der Waals surface area contributed by atoms with Crippen LogP contribution in [0.25, 0.3) is 0 Å². The van der Waals surface area contributed by atoms with Crippen molar-refractivity contribution in [3.05, 3.63) is 0 Å². The van der Waals surface area contributed by atoms with Crippen LogP contribution in [0.5, 0.6) is 0 Å². The van der Waals surface area contributed by atoms with E-state index in [1.165, 1.54) is 0 Å². The second-order valence-corrected chi connectivity index (χ2v) is 2.85. The topological polar surface area (TPSA) is 22.0 Å². The highest BCUT2D eigenvalue weighted by Gasteiger charge is 2.28. The lowest BCUT2D eigenvalue weighted by atomic mass is 10.4. The van der Waals surface area contributed by atoms with E-state index in [0.29, 0.717) is 0 Å². The molecule has 2 nitrogen and oxygen atoms in total. The largest absolute Gasteiger partial charge is 0.399 e. The van der Waals surface area contributed by atoms with E-state index in [4.69, 9.17) is 4.74 Å². The van der Waals surface area contributed by atoms with Gasteiger partial charge in [0.15, 0.2) is 0 Å². The predicted molar refractivity (Wildman–Crippen MR) is 35.0 cm³/mol. The second-order valence-electron chi connectivity index (χ2n) is 2.02. The van der Waals surface area contributed by atoms with Gasteiger partial charge in [-0.15, -0.1) is 0 Å². The fraction of sp³-hybridized carbons (Fsp3) is 1.00. The van der Waals surface area contributed by atoms with Crippen LogP contribution in [0.4, 0.5) is 0 Å². The van der Waals surface area contributed by atoms with Crippen molar-refractivity contribution in [3.8, 4) is 0 Å². The van der Waals surface area contributed by atoms with Crippen LogP contribution in [-0.4, -0.2) is 23.1 Å². The molecule has 1 atom stereocenters. The average Bonchev–Trinajstić information content (AvgIpc) is 1.65. The molecule has 0 radical (unpaired) electrons. The maximum atomic E-state index is 5.16. The van der Waals surface area contributed by atoms with E-state index in [1.54, 1.807) is 0 Å². The van der Waals surface area contributed by atoms with Gasteiger partial charge in [-0.25, -0.2) is 0 Å². The third-order valence-corrected chi connectivity index (χ3v) is 1.35. The van der Waals surface area contributed by atoms with Crippen molar-refractivity contribution >= 4 is 12.6 Å². The van der Waals surface area contributed by atoms with Gasteiger partial charge in [0.2, 0.25) is 0 Å². The smallest absolute Gasteiger partial charge is 0.319 e. The zero-order chi connectivity index (χ0) is 6.04. The van der Waals surface area contributed by atoms with Crippen LogP contribution in [0.2, 0.25) is 0 Å². The summed E-state index contributed by atoms with van der Waals surface area (Å²) in [5.74, 6) is 0. The van der Waals surface area contributed by atoms with Crippen LogP contribution in [0, 0.1) is 0 Å². The number of thiol groups is 1. The monoisotopic (exact) mass is 135 g/mol. The lowest BCUT2D eigenvalue weighted by Gasteiger charge is -2.24. The van der Waals surface area contributed by atoms with E-state index in [9.17, 15) is 0 Å². The minimum Gasteiger partial charge on any atom is -0.399 e. The Hall–Kier alpha value is 0.270. The number of aliphatic hydroxyl groups is 2. The van der Waals surface area contributed by atoms with Gasteiger partial charge in [0.1, 0.15) is 6.61 Å². The first-order valence-electron chi connectivity index (χ1n) is 2.76. The molecule has 1 N–H and O–H groups in total. The standard InChI is InChI=1S/C5H10O2S/c1-5(8)6-3-2-4-7-5/h8H,2-4H2,1H3/p+1. The van der Waals surface area contributed by atoms with E-state index < -0.39 is 5.12 Å². The molecular formula is C5H11O2S+. The molecule has 1 fully saturated rings. The Bertz CT molecular complexity index is 74.5. The molecule has 0 spiro atoms. The van der Waals surface area contributed by atoms with Crippen LogP contribution in [0.15, 0.2) is 0 Å². The van der Waals surface area contributed by atoms with E-state index in [1.807, 2.05) is 6.92 Å². The molecule has 1 aliphatic rings. The van der Waals surface area contributed by atoms with Crippen LogP contribution in [0.1, 0.15) is 13.3 Å². The molecule has 0 aromatic heterocycles. The van der Waals surface area contributed by atoms with E-state index in [2.05, 4.69) is 17.4 Å². The molecule has 3 heteroatoms. The zero-order valence-corrected chi connectivity index (χ0v) is 5.82. The minimum absolute atomic E-state index is 0.502. The third kappa shape index (κ3) is 1.65. The summed E-state index contributed by atoms with van der Waals surface area (Å²) in [4.78, 5) is 0. The van der Waals surface area contributed by atoms with Crippen molar-refractivity contribution in [1.29, 1.82) is 0 Å². The maximum absolute atomic E-state index is 5.16. The second kappa shape index (κ2) is 2.25. The van der Waals surface area contributed by atoms with Gasteiger partial charge < -0.3 is 9.47 Å². The van der Waals surface area contributed by atoms with Crippen molar-refractivity contribution < 1.29 is 9.47 Å². The third-order valence-electron chi connectivity index (χ3n) is 1.08. The minimum atomic E-state index is -0.502. The van der Waals surface area contributed by atoms with Crippen LogP contribution in [0.3, 0.4) is 0 Å². The highest BCUT2D eigenvalue weighted by atomic mass is 32.1. The summed E-state index contributed by atoms with van der Waals surface area (Å²) in [6.07, 6.45) is 1.04. The highest BCUT2D eigenvalue weighted by molar-refractivity contribution is 7.81. The van der Waals surface area contributed by atoms with Gasteiger partial charge >= 0.3 is 5.12 Å². The van der Waals surface area contributed by atoms with Crippen molar-refractivity contribution in [1.82, 2.24) is 0 Å². The van der Waals surface area contributed by atoms with E-state index in [-0.39, 0.29) is 0 Å². The van der Waals surface area contributed by atoms with Gasteiger partial charge in [-0.3, -0.25) is 0 Å². The average molecular weight is 135 g/mol. The summed E-state index contributed by atoms with van der Waals surface area (Å²) in [5, 5.41) is -0.502. The summed E-state index contributed by atoms with van der Waals surface area (Å²) in [5.41, 5.74) is 0. The first-order valence-corrected chi connectivity index (χ1v) is 3.20. The molecule has 0 saturated carbocycles. The molecule has 1 aliphatic heterocycles. The summed E-state index contributed by atoms with van der Waals surface area (Å²) in [7, 11) is 0. The molecule has 0 aromatic rings. The highest BCUT2D eigenvalue weighted by Crippen LogP contribution is 2.18. The fourth-order valence-electron chi connectivity index (χ4n) is 0.662. The Labute approximate surface area is 54.6 Å². The molecule has 0 amide bonds. The fourth-order valence-corrected chi connectivity index (χ4v) is 0.854. The van der Waals surface area contributed by atoms with Gasteiger partial charge in [-0.1, -0.05) is 12.6 Å². The number of hydrogen-bond donors (Lipinski definition) is 1. The van der Waals surface area contributed by atoms with Gasteiger partial charge in [-0.05, 0) is 0 Å². The maximum Gasteiger partial charge on any atom is 0.319 e. The predicted octanol–water partition coefficient (Wildman–Crippen LogP) is 0.538. The molecule has 0 aromatic carbocycles. The molecular weight excluding hydrogens is 124 g/mol. The Morgan fingerprint density at radius 3 is 2.75 bits per heavy atom. The van der Waals surface area contributed by atoms with Gasteiger partial charge in [0.05, 0.1) is 13.5 Å². The molecule has 1 heterocycles. The lowest BCUT2D eigenvalue weighted by Crippen LogP contribution is -2.35. The Balaban J connectivity index is 2.33. The van der Waals surface area contributed by atoms with Crippen LogP contribution < -0.4 is 0 Å². The van der Waals surface area contributed by atoms with E-state index in [0.717, 1.165) is 19.6 Å². The number of ether oxygens (including phenoxy) is 2. The van der Waals surface area contributed by atoms with Crippen LogP contribution >= 0.6 is 12.6 Å². The Morgan fingerprint density at radius 1 is 1.75 bits per heavy atom. The van der Waals surface area contributed by atoms with Crippen molar-refractivity contribution in [2.45, 2.75) is 18.5 Å². The van der Waals surface area contributed by atoms with E-state index >= 15 is 0 Å². The van der Waals surface area contributed by atoms with Gasteiger partial charge in [0.25, 0.3) is 0 Å². The summed E-state index contributed by atoms with van der Waals surface area (Å²) in [6, 6.07) is 0. The first kappa shape index (κ1) is 6.39. The molecule has 0 bridgehead atoms. The molecule has 0 aliphatic carbocycles. The molecule has 48 valence electrons. The lowest BCUT2D eigenvalue weighted by molar-refractivity contribution is -0.284. The summed E-state index contributed by atoms with van der Waals surface area (Å²) < 4.78 is 9.27. The van der Waals surface area contributed by atoms with Crippen molar-refractivity contribution in [2.24, 2.45) is 0 Å². The van der Waals surface area contributed by atoms with Crippen LogP contribution in [-0.2, 0) is 4.74 Å². The van der Waals surface area contributed by atoms with Gasteiger partial charge in [-0.2, -0.15) is 0 Å². The molecule has 1 unspecified atom stereocenters. The number of rotatable bonds is 0. The summed E-state index contributed by atoms with van der Waals surface area (Å²) >= 11 is 4.13. The number of hydrogen-bond acceptors (Lipinski definition) is 2. The normalized spacial score (nSPS) is 39.8. The SMILES string of the molecule is CC1(S)OCCC[OH+]1.